The van der Waals surface area contributed by atoms with Crippen LogP contribution in [0.1, 0.15) is 59.8 Å². The molecule has 1 aliphatic heterocycles. The first-order valence-corrected chi connectivity index (χ1v) is 7.61. The molecule has 0 radical (unpaired) electrons. The molecule has 0 saturated carbocycles. The summed E-state index contributed by atoms with van der Waals surface area (Å²) >= 11 is 0. The van der Waals surface area contributed by atoms with Crippen molar-refractivity contribution in [3.8, 4) is 0 Å². The quantitative estimate of drug-likeness (QED) is 0.717. The van der Waals surface area contributed by atoms with Crippen LogP contribution in [-0.2, 0) is 0 Å². The van der Waals surface area contributed by atoms with Crippen LogP contribution in [0.5, 0.6) is 0 Å². The molecule has 2 atom stereocenters. The third-order valence-corrected chi connectivity index (χ3v) is 3.88. The predicted octanol–water partition coefficient (Wildman–Crippen LogP) is 3.28. The monoisotopic (exact) mass is 240 g/mol. The van der Waals surface area contributed by atoms with E-state index in [-0.39, 0.29) is 0 Å². The number of unbranched alkanes of at least 4 members (excludes halogenated alkanes) is 2. The van der Waals surface area contributed by atoms with Gasteiger partial charge in [-0.05, 0) is 45.2 Å². The Kier molecular flexibility index (Phi) is 7.14. The van der Waals surface area contributed by atoms with E-state index in [9.17, 15) is 0 Å². The second kappa shape index (κ2) is 8.10. The van der Waals surface area contributed by atoms with Crippen molar-refractivity contribution in [3.05, 3.63) is 0 Å². The minimum atomic E-state index is 0.710. The molecule has 0 aliphatic carbocycles. The summed E-state index contributed by atoms with van der Waals surface area (Å²) in [5.41, 5.74) is 0. The fourth-order valence-corrected chi connectivity index (χ4v) is 2.81. The van der Waals surface area contributed by atoms with E-state index in [0.29, 0.717) is 6.04 Å². The minimum absolute atomic E-state index is 0.710. The highest BCUT2D eigenvalue weighted by Crippen LogP contribution is 2.14. The Morgan fingerprint density at radius 3 is 2.71 bits per heavy atom. The van der Waals surface area contributed by atoms with Gasteiger partial charge in [0.1, 0.15) is 0 Å². The van der Waals surface area contributed by atoms with Gasteiger partial charge in [-0.15, -0.1) is 0 Å². The molecule has 102 valence electrons. The molecule has 0 aromatic rings. The Hall–Kier alpha value is -0.0800. The minimum Gasteiger partial charge on any atom is -0.313 e. The van der Waals surface area contributed by atoms with Crippen LogP contribution < -0.4 is 5.32 Å². The zero-order valence-electron chi connectivity index (χ0n) is 12.3. The Bertz CT molecular complexity index is 191. The van der Waals surface area contributed by atoms with Gasteiger partial charge >= 0.3 is 0 Å². The van der Waals surface area contributed by atoms with E-state index < -0.39 is 0 Å². The van der Waals surface area contributed by atoms with E-state index in [4.69, 9.17) is 0 Å². The molecular weight excluding hydrogens is 208 g/mol. The Morgan fingerprint density at radius 2 is 2.06 bits per heavy atom. The van der Waals surface area contributed by atoms with Crippen molar-refractivity contribution in [2.24, 2.45) is 5.92 Å². The topological polar surface area (TPSA) is 15.3 Å². The summed E-state index contributed by atoms with van der Waals surface area (Å²) in [4.78, 5) is 2.71. The maximum atomic E-state index is 3.72. The Morgan fingerprint density at radius 1 is 1.29 bits per heavy atom. The van der Waals surface area contributed by atoms with E-state index in [1.54, 1.807) is 0 Å². The van der Waals surface area contributed by atoms with Crippen LogP contribution in [0.2, 0.25) is 0 Å². The highest BCUT2D eigenvalue weighted by molar-refractivity contribution is 4.81. The number of hydrogen-bond acceptors (Lipinski definition) is 2. The summed E-state index contributed by atoms with van der Waals surface area (Å²) in [7, 11) is 0. The van der Waals surface area contributed by atoms with Crippen molar-refractivity contribution >= 4 is 0 Å². The summed E-state index contributed by atoms with van der Waals surface area (Å²) in [6.45, 7) is 13.1. The molecule has 1 fully saturated rings. The van der Waals surface area contributed by atoms with Gasteiger partial charge in [0, 0.05) is 18.6 Å². The lowest BCUT2D eigenvalue weighted by Crippen LogP contribution is -2.41. The van der Waals surface area contributed by atoms with Crippen LogP contribution >= 0.6 is 0 Å². The third kappa shape index (κ3) is 5.87. The molecule has 2 unspecified atom stereocenters. The number of nitrogens with zero attached hydrogens (tertiary/aromatic N) is 1. The average Bonchev–Trinajstić information content (AvgIpc) is 2.41. The second-order valence-electron chi connectivity index (χ2n) is 6.12. The van der Waals surface area contributed by atoms with Crippen molar-refractivity contribution in [1.82, 2.24) is 10.2 Å². The maximum Gasteiger partial charge on any atom is 0.0197 e. The standard InChI is InChI=1S/C15H32N2/c1-5-6-7-10-17-12-15(11-13(2)3)16-9-8-14(17)4/h13-16H,5-12H2,1-4H3. The van der Waals surface area contributed by atoms with Gasteiger partial charge in [0.25, 0.3) is 0 Å². The fraction of sp³-hybridized carbons (Fsp3) is 1.00. The molecule has 2 nitrogen and oxygen atoms in total. The first-order chi connectivity index (χ1) is 8.13. The van der Waals surface area contributed by atoms with Crippen molar-refractivity contribution in [2.75, 3.05) is 19.6 Å². The van der Waals surface area contributed by atoms with Crippen LogP contribution in [0, 0.1) is 5.92 Å². The third-order valence-electron chi connectivity index (χ3n) is 3.88. The molecule has 2 heteroatoms. The van der Waals surface area contributed by atoms with Gasteiger partial charge in [0.2, 0.25) is 0 Å². The molecule has 1 rings (SSSR count). The molecule has 0 amide bonds. The molecule has 0 aromatic heterocycles. The van der Waals surface area contributed by atoms with E-state index >= 15 is 0 Å². The maximum absolute atomic E-state index is 3.72. The lowest BCUT2D eigenvalue weighted by atomic mass is 10.0. The number of nitrogens with one attached hydrogen (secondary N) is 1. The van der Waals surface area contributed by atoms with Gasteiger partial charge in [-0.1, -0.05) is 33.6 Å². The van der Waals surface area contributed by atoms with E-state index in [2.05, 4.69) is 37.9 Å². The largest absolute Gasteiger partial charge is 0.313 e. The molecule has 0 bridgehead atoms. The van der Waals surface area contributed by atoms with Gasteiger partial charge < -0.3 is 5.32 Å². The van der Waals surface area contributed by atoms with Gasteiger partial charge in [0.15, 0.2) is 0 Å². The molecular formula is C15H32N2. The van der Waals surface area contributed by atoms with Crippen molar-refractivity contribution in [2.45, 2.75) is 71.9 Å². The molecule has 0 aromatic carbocycles. The average molecular weight is 240 g/mol. The molecule has 1 N–H and O–H groups in total. The highest BCUT2D eigenvalue weighted by Gasteiger charge is 2.22. The molecule has 17 heavy (non-hydrogen) atoms. The van der Waals surface area contributed by atoms with E-state index in [1.807, 2.05) is 0 Å². The second-order valence-corrected chi connectivity index (χ2v) is 6.12. The van der Waals surface area contributed by atoms with Gasteiger partial charge in [-0.25, -0.2) is 0 Å². The van der Waals surface area contributed by atoms with Crippen molar-refractivity contribution in [1.29, 1.82) is 0 Å². The Labute approximate surface area is 108 Å². The molecule has 0 spiro atoms. The zero-order valence-corrected chi connectivity index (χ0v) is 12.3. The van der Waals surface area contributed by atoms with Gasteiger partial charge in [0.05, 0.1) is 0 Å². The van der Waals surface area contributed by atoms with Crippen molar-refractivity contribution in [3.63, 3.8) is 0 Å². The fourth-order valence-electron chi connectivity index (χ4n) is 2.81. The summed E-state index contributed by atoms with van der Waals surface area (Å²) < 4.78 is 0. The summed E-state index contributed by atoms with van der Waals surface area (Å²) in [6, 6.07) is 1.47. The number of rotatable bonds is 6. The van der Waals surface area contributed by atoms with E-state index in [1.165, 1.54) is 51.7 Å². The molecule has 1 heterocycles. The summed E-state index contributed by atoms with van der Waals surface area (Å²) in [6.07, 6.45) is 6.70. The van der Waals surface area contributed by atoms with Crippen LogP contribution in [-0.4, -0.2) is 36.6 Å². The van der Waals surface area contributed by atoms with Crippen LogP contribution in [0.15, 0.2) is 0 Å². The smallest absolute Gasteiger partial charge is 0.0197 e. The zero-order chi connectivity index (χ0) is 12.7. The lowest BCUT2D eigenvalue weighted by Gasteiger charge is -2.29. The lowest BCUT2D eigenvalue weighted by molar-refractivity contribution is 0.194. The van der Waals surface area contributed by atoms with Gasteiger partial charge in [-0.2, -0.15) is 0 Å². The van der Waals surface area contributed by atoms with Crippen LogP contribution in [0.3, 0.4) is 0 Å². The first-order valence-electron chi connectivity index (χ1n) is 7.61. The predicted molar refractivity (Wildman–Crippen MR) is 76.4 cm³/mol. The molecule has 1 saturated heterocycles. The number of hydrogen-bond donors (Lipinski definition) is 1. The highest BCUT2D eigenvalue weighted by atomic mass is 15.2. The summed E-state index contributed by atoms with van der Waals surface area (Å²) in [5.74, 6) is 0.804. The molecule has 1 aliphatic rings. The van der Waals surface area contributed by atoms with Gasteiger partial charge in [-0.3, -0.25) is 4.90 Å². The normalized spacial score (nSPS) is 27.4. The SMILES string of the molecule is CCCCCN1CC(CC(C)C)NCCC1C. The van der Waals surface area contributed by atoms with Crippen LogP contribution in [0.25, 0.3) is 0 Å². The summed E-state index contributed by atoms with van der Waals surface area (Å²) in [5, 5.41) is 3.72. The Balaban J connectivity index is 2.40. The van der Waals surface area contributed by atoms with Crippen molar-refractivity contribution < 1.29 is 0 Å². The van der Waals surface area contributed by atoms with E-state index in [0.717, 1.165) is 12.0 Å². The first kappa shape index (κ1) is 15.0. The van der Waals surface area contributed by atoms with Crippen LogP contribution in [0.4, 0.5) is 0 Å².